The van der Waals surface area contributed by atoms with Crippen molar-refractivity contribution in [1.82, 2.24) is 15.5 Å². The van der Waals surface area contributed by atoms with Gasteiger partial charge in [-0.25, -0.2) is 4.79 Å². The number of likely N-dealkylation sites (N-methyl/N-ethyl adjacent to an activating group) is 1. The van der Waals surface area contributed by atoms with Crippen molar-refractivity contribution < 1.29 is 9.53 Å². The molecule has 0 radical (unpaired) electrons. The molecule has 3 aromatic rings. The van der Waals surface area contributed by atoms with E-state index < -0.39 is 0 Å². The molecule has 2 atom stereocenters. The number of urea groups is 1. The lowest BCUT2D eigenvalue weighted by Crippen LogP contribution is -2.43. The molecule has 2 N–H and O–H groups in total. The molecule has 156 valence electrons. The van der Waals surface area contributed by atoms with Crippen molar-refractivity contribution in [2.45, 2.75) is 12.1 Å². The maximum absolute atomic E-state index is 13.0. The van der Waals surface area contributed by atoms with Crippen LogP contribution in [-0.2, 0) is 0 Å². The number of ether oxygens (including phenoxy) is 1. The lowest BCUT2D eigenvalue weighted by Gasteiger charge is -2.26. The van der Waals surface area contributed by atoms with E-state index in [-0.39, 0.29) is 18.1 Å². The van der Waals surface area contributed by atoms with E-state index in [0.29, 0.717) is 6.54 Å². The van der Waals surface area contributed by atoms with Gasteiger partial charge >= 0.3 is 6.03 Å². The first kappa shape index (κ1) is 21.4. The first-order valence-corrected chi connectivity index (χ1v) is 10.0. The van der Waals surface area contributed by atoms with Gasteiger partial charge in [0.15, 0.2) is 0 Å². The number of rotatable bonds is 8. The molecule has 0 aliphatic heterocycles. The molecule has 0 aliphatic rings. The van der Waals surface area contributed by atoms with Gasteiger partial charge in [-0.05, 0) is 42.9 Å². The van der Waals surface area contributed by atoms with Gasteiger partial charge in [-0.1, -0.05) is 72.8 Å². The highest BCUT2D eigenvalue weighted by molar-refractivity contribution is 5.75. The first-order valence-electron chi connectivity index (χ1n) is 10.0. The van der Waals surface area contributed by atoms with Gasteiger partial charge in [0.2, 0.25) is 0 Å². The van der Waals surface area contributed by atoms with Crippen LogP contribution in [0.25, 0.3) is 0 Å². The van der Waals surface area contributed by atoms with E-state index in [1.165, 1.54) is 0 Å². The Kier molecular flexibility index (Phi) is 7.46. The summed E-state index contributed by atoms with van der Waals surface area (Å²) < 4.78 is 5.27. The van der Waals surface area contributed by atoms with Gasteiger partial charge in [0.05, 0.1) is 19.2 Å². The molecule has 0 heterocycles. The molecular formula is C25H29N3O2. The largest absolute Gasteiger partial charge is 0.497 e. The maximum atomic E-state index is 13.0. The van der Waals surface area contributed by atoms with Crippen LogP contribution in [-0.4, -0.2) is 38.7 Å². The van der Waals surface area contributed by atoms with E-state index >= 15 is 0 Å². The summed E-state index contributed by atoms with van der Waals surface area (Å²) >= 11 is 0. The third-order valence-corrected chi connectivity index (χ3v) is 4.91. The Hall–Kier alpha value is -3.31. The molecule has 0 saturated carbocycles. The molecule has 0 spiro atoms. The molecule has 30 heavy (non-hydrogen) atoms. The van der Waals surface area contributed by atoms with Gasteiger partial charge in [-0.3, -0.25) is 0 Å². The second-order valence-corrected chi connectivity index (χ2v) is 7.46. The third kappa shape index (κ3) is 5.84. The van der Waals surface area contributed by atoms with Crippen LogP contribution in [0.15, 0.2) is 84.9 Å². The maximum Gasteiger partial charge on any atom is 0.316 e. The fourth-order valence-electron chi connectivity index (χ4n) is 3.42. The second-order valence-electron chi connectivity index (χ2n) is 7.46. The summed E-state index contributed by atoms with van der Waals surface area (Å²) in [4.78, 5) is 15.1. The quantitative estimate of drug-likeness (QED) is 0.587. The van der Waals surface area contributed by atoms with Crippen LogP contribution < -0.4 is 15.4 Å². The first-order chi connectivity index (χ1) is 14.6. The summed E-state index contributed by atoms with van der Waals surface area (Å²) in [6, 6.07) is 27.1. The monoisotopic (exact) mass is 403 g/mol. The Bertz CT molecular complexity index is 912. The molecule has 2 amide bonds. The molecule has 3 rings (SSSR count). The summed E-state index contributed by atoms with van der Waals surface area (Å²) in [5, 5.41) is 6.29. The number of carbonyl (C=O) groups excluding carboxylic acids is 1. The fraction of sp³-hybridized carbons (Fsp3) is 0.240. The van der Waals surface area contributed by atoms with E-state index in [1.54, 1.807) is 7.11 Å². The molecule has 0 aliphatic carbocycles. The van der Waals surface area contributed by atoms with Gasteiger partial charge in [-0.15, -0.1) is 0 Å². The normalized spacial score (nSPS) is 12.8. The number of nitrogens with one attached hydrogen (secondary N) is 2. The van der Waals surface area contributed by atoms with Crippen molar-refractivity contribution in [3.8, 4) is 5.75 Å². The number of hydrogen-bond donors (Lipinski definition) is 2. The predicted molar refractivity (Wildman–Crippen MR) is 121 cm³/mol. The van der Waals surface area contributed by atoms with Crippen LogP contribution >= 0.6 is 0 Å². The number of methoxy groups -OCH3 is 1. The van der Waals surface area contributed by atoms with Gasteiger partial charge in [0.1, 0.15) is 5.75 Å². The van der Waals surface area contributed by atoms with Gasteiger partial charge < -0.3 is 20.3 Å². The summed E-state index contributed by atoms with van der Waals surface area (Å²) in [7, 11) is 5.64. The minimum absolute atomic E-state index is 0.117. The topological polar surface area (TPSA) is 53.6 Å². The van der Waals surface area contributed by atoms with Crippen LogP contribution in [0.2, 0.25) is 0 Å². The Morgan fingerprint density at radius 3 is 1.87 bits per heavy atom. The SMILES string of the molecule is COc1ccc(C(NC(=O)NC(CN(C)C)c2ccccc2)c2ccccc2)cc1. The van der Waals surface area contributed by atoms with E-state index in [1.807, 2.05) is 99.0 Å². The van der Waals surface area contributed by atoms with E-state index in [2.05, 4.69) is 15.5 Å². The minimum Gasteiger partial charge on any atom is -0.497 e. The minimum atomic E-state index is -0.270. The van der Waals surface area contributed by atoms with Crippen molar-refractivity contribution in [2.24, 2.45) is 0 Å². The van der Waals surface area contributed by atoms with E-state index in [9.17, 15) is 4.79 Å². The Morgan fingerprint density at radius 2 is 1.33 bits per heavy atom. The lowest BCUT2D eigenvalue weighted by molar-refractivity contribution is 0.230. The molecule has 0 saturated heterocycles. The highest BCUT2D eigenvalue weighted by Gasteiger charge is 2.20. The van der Waals surface area contributed by atoms with Crippen LogP contribution in [0, 0.1) is 0 Å². The van der Waals surface area contributed by atoms with E-state index in [0.717, 1.165) is 22.4 Å². The zero-order valence-electron chi connectivity index (χ0n) is 17.7. The highest BCUT2D eigenvalue weighted by atomic mass is 16.5. The molecule has 5 nitrogen and oxygen atoms in total. The summed E-state index contributed by atoms with van der Waals surface area (Å²) in [5.41, 5.74) is 3.07. The standard InChI is InChI=1S/C25H29N3O2/c1-28(2)18-23(19-10-6-4-7-11-19)26-25(29)27-24(20-12-8-5-9-13-20)21-14-16-22(30-3)17-15-21/h4-17,23-24H,18H2,1-3H3,(H2,26,27,29). The zero-order valence-corrected chi connectivity index (χ0v) is 17.7. The van der Waals surface area contributed by atoms with Crippen LogP contribution in [0.4, 0.5) is 4.79 Å². The highest BCUT2D eigenvalue weighted by Crippen LogP contribution is 2.24. The molecule has 0 aromatic heterocycles. The lowest BCUT2D eigenvalue weighted by atomic mass is 9.98. The summed E-state index contributed by atoms with van der Waals surface area (Å²) in [5.74, 6) is 0.783. The summed E-state index contributed by atoms with van der Waals surface area (Å²) in [6.07, 6.45) is 0. The Morgan fingerprint density at radius 1 is 0.800 bits per heavy atom. The van der Waals surface area contributed by atoms with Gasteiger partial charge in [-0.2, -0.15) is 0 Å². The van der Waals surface area contributed by atoms with Crippen LogP contribution in [0.3, 0.4) is 0 Å². The van der Waals surface area contributed by atoms with Crippen molar-refractivity contribution in [3.05, 3.63) is 102 Å². The van der Waals surface area contributed by atoms with Crippen molar-refractivity contribution >= 4 is 6.03 Å². The number of carbonyl (C=O) groups is 1. The van der Waals surface area contributed by atoms with Crippen LogP contribution in [0.1, 0.15) is 28.8 Å². The smallest absolute Gasteiger partial charge is 0.316 e. The van der Waals surface area contributed by atoms with Crippen molar-refractivity contribution in [1.29, 1.82) is 0 Å². The third-order valence-electron chi connectivity index (χ3n) is 4.91. The van der Waals surface area contributed by atoms with Crippen LogP contribution in [0.5, 0.6) is 5.75 Å². The van der Waals surface area contributed by atoms with E-state index in [4.69, 9.17) is 4.74 Å². The molecule has 5 heteroatoms. The number of hydrogen-bond acceptors (Lipinski definition) is 3. The fourth-order valence-corrected chi connectivity index (χ4v) is 3.42. The average molecular weight is 404 g/mol. The molecule has 0 bridgehead atoms. The molecule has 3 aromatic carbocycles. The average Bonchev–Trinajstić information content (AvgIpc) is 2.78. The number of benzene rings is 3. The van der Waals surface area contributed by atoms with Gasteiger partial charge in [0, 0.05) is 6.54 Å². The predicted octanol–water partition coefficient (Wildman–Crippen LogP) is 4.39. The van der Waals surface area contributed by atoms with Crippen molar-refractivity contribution in [3.63, 3.8) is 0 Å². The molecule has 2 unspecified atom stereocenters. The summed E-state index contributed by atoms with van der Waals surface area (Å²) in [6.45, 7) is 0.704. The Balaban J connectivity index is 1.81. The zero-order chi connectivity index (χ0) is 21.3. The second kappa shape index (κ2) is 10.5. The van der Waals surface area contributed by atoms with Gasteiger partial charge in [0.25, 0.3) is 0 Å². The van der Waals surface area contributed by atoms with Crippen molar-refractivity contribution in [2.75, 3.05) is 27.7 Å². The Labute approximate surface area is 178 Å². The molecular weight excluding hydrogens is 374 g/mol. The molecule has 0 fully saturated rings. The number of nitrogens with zero attached hydrogens (tertiary/aromatic N) is 1. The number of amides is 2.